The third kappa shape index (κ3) is 6.09. The Kier molecular flexibility index (Phi) is 4.44. The molecule has 0 aliphatic heterocycles. The van der Waals surface area contributed by atoms with E-state index in [1.807, 2.05) is 0 Å². The van der Waals surface area contributed by atoms with Crippen LogP contribution in [-0.2, 0) is 0 Å². The molecule has 1 nitrogen and oxygen atoms in total. The largest absolute Gasteiger partial charge is 0.299 e. The van der Waals surface area contributed by atoms with Crippen LogP contribution in [0.5, 0.6) is 0 Å². The zero-order chi connectivity index (χ0) is 10.7. The summed E-state index contributed by atoms with van der Waals surface area (Å²) in [4.78, 5) is 2.54. The molecule has 0 saturated heterocycles. The summed E-state index contributed by atoms with van der Waals surface area (Å²) in [5, 5.41) is 0. The second kappa shape index (κ2) is 4.45. The molecular weight excluding hydrogens is 158 g/mol. The Bertz CT molecular complexity index is 136. The van der Waals surface area contributed by atoms with E-state index in [0.29, 0.717) is 11.0 Å². The molecular formula is C12H27N. The van der Waals surface area contributed by atoms with E-state index in [1.165, 1.54) is 13.0 Å². The third-order valence-electron chi connectivity index (χ3n) is 2.46. The minimum absolute atomic E-state index is 0.319. The molecule has 0 radical (unpaired) electrons. The van der Waals surface area contributed by atoms with Crippen molar-refractivity contribution in [1.82, 2.24) is 4.90 Å². The van der Waals surface area contributed by atoms with Crippen LogP contribution in [0.3, 0.4) is 0 Å². The molecule has 0 bridgehead atoms. The van der Waals surface area contributed by atoms with Crippen molar-refractivity contribution in [1.29, 1.82) is 0 Å². The molecule has 0 unspecified atom stereocenters. The highest BCUT2D eigenvalue weighted by atomic mass is 15.2. The highest BCUT2D eigenvalue weighted by Crippen LogP contribution is 2.21. The first kappa shape index (κ1) is 13.0. The van der Waals surface area contributed by atoms with Gasteiger partial charge in [0.15, 0.2) is 0 Å². The van der Waals surface area contributed by atoms with Gasteiger partial charge in [0.1, 0.15) is 0 Å². The van der Waals surface area contributed by atoms with Crippen molar-refractivity contribution in [3.8, 4) is 0 Å². The molecule has 0 spiro atoms. The molecule has 0 aliphatic rings. The Balaban J connectivity index is 4.02. The minimum atomic E-state index is 0.319. The second-order valence-corrected chi connectivity index (χ2v) is 6.06. The summed E-state index contributed by atoms with van der Waals surface area (Å²) in [6.45, 7) is 18.4. The summed E-state index contributed by atoms with van der Waals surface area (Å²) in [5.74, 6) is 0. The summed E-state index contributed by atoms with van der Waals surface area (Å²) < 4.78 is 0. The van der Waals surface area contributed by atoms with Gasteiger partial charge in [-0.15, -0.1) is 0 Å². The summed E-state index contributed by atoms with van der Waals surface area (Å²) >= 11 is 0. The number of hydrogen-bond acceptors (Lipinski definition) is 1. The van der Waals surface area contributed by atoms with Crippen LogP contribution < -0.4 is 0 Å². The maximum atomic E-state index is 2.54. The Hall–Kier alpha value is -0.0400. The van der Waals surface area contributed by atoms with Gasteiger partial charge in [0.25, 0.3) is 0 Å². The zero-order valence-corrected chi connectivity index (χ0v) is 10.6. The molecule has 0 N–H and O–H groups in total. The normalized spacial score (nSPS) is 13.8. The summed E-state index contributed by atoms with van der Waals surface area (Å²) in [5.41, 5.74) is 0.776. The van der Waals surface area contributed by atoms with Crippen LogP contribution >= 0.6 is 0 Å². The van der Waals surface area contributed by atoms with Gasteiger partial charge in [-0.05, 0) is 45.7 Å². The van der Waals surface area contributed by atoms with Gasteiger partial charge >= 0.3 is 0 Å². The van der Waals surface area contributed by atoms with Crippen molar-refractivity contribution >= 4 is 0 Å². The van der Waals surface area contributed by atoms with E-state index in [-0.39, 0.29) is 0 Å². The van der Waals surface area contributed by atoms with Crippen LogP contribution in [0.25, 0.3) is 0 Å². The first-order valence-electron chi connectivity index (χ1n) is 5.42. The Morgan fingerprint density at radius 3 is 1.62 bits per heavy atom. The Morgan fingerprint density at radius 1 is 0.923 bits per heavy atom. The topological polar surface area (TPSA) is 3.24 Å². The lowest BCUT2D eigenvalue weighted by atomic mass is 9.91. The van der Waals surface area contributed by atoms with E-state index < -0.39 is 0 Å². The van der Waals surface area contributed by atoms with Crippen LogP contribution in [0.1, 0.15) is 54.9 Å². The minimum Gasteiger partial charge on any atom is -0.299 e. The maximum Gasteiger partial charge on any atom is 0.0124 e. The molecule has 0 aromatic carbocycles. The number of nitrogens with zero attached hydrogens (tertiary/aromatic N) is 1. The van der Waals surface area contributed by atoms with Crippen molar-refractivity contribution in [2.45, 2.75) is 60.4 Å². The highest BCUT2D eigenvalue weighted by molar-refractivity contribution is 4.76. The first-order chi connectivity index (χ1) is 5.67. The standard InChI is InChI=1S/C12H27N/c1-8-13(12(5,6)7)10-9-11(2,3)4/h8-10H2,1-7H3. The van der Waals surface area contributed by atoms with E-state index in [2.05, 4.69) is 53.4 Å². The maximum absolute atomic E-state index is 2.54. The van der Waals surface area contributed by atoms with Gasteiger partial charge in [0.05, 0.1) is 0 Å². The van der Waals surface area contributed by atoms with Gasteiger partial charge in [-0.3, -0.25) is 4.90 Å². The highest BCUT2D eigenvalue weighted by Gasteiger charge is 2.21. The lowest BCUT2D eigenvalue weighted by Crippen LogP contribution is -2.42. The van der Waals surface area contributed by atoms with Gasteiger partial charge in [0, 0.05) is 5.54 Å². The summed E-state index contributed by atoms with van der Waals surface area (Å²) in [7, 11) is 0. The summed E-state index contributed by atoms with van der Waals surface area (Å²) in [6, 6.07) is 0. The molecule has 13 heavy (non-hydrogen) atoms. The molecule has 0 amide bonds. The lowest BCUT2D eigenvalue weighted by Gasteiger charge is -2.36. The lowest BCUT2D eigenvalue weighted by molar-refractivity contribution is 0.126. The fraction of sp³-hybridized carbons (Fsp3) is 1.00. The molecule has 0 atom stereocenters. The number of rotatable bonds is 3. The quantitative estimate of drug-likeness (QED) is 0.650. The number of hydrogen-bond donors (Lipinski definition) is 0. The molecule has 1 heteroatoms. The van der Waals surface area contributed by atoms with Crippen molar-refractivity contribution < 1.29 is 0 Å². The predicted molar refractivity (Wildman–Crippen MR) is 61.1 cm³/mol. The van der Waals surface area contributed by atoms with E-state index >= 15 is 0 Å². The molecule has 0 aromatic heterocycles. The van der Waals surface area contributed by atoms with Crippen LogP contribution in [0.15, 0.2) is 0 Å². The molecule has 0 fully saturated rings. The fourth-order valence-electron chi connectivity index (χ4n) is 1.44. The molecule has 0 heterocycles. The third-order valence-corrected chi connectivity index (χ3v) is 2.46. The van der Waals surface area contributed by atoms with Gasteiger partial charge in [0.2, 0.25) is 0 Å². The van der Waals surface area contributed by atoms with Crippen LogP contribution in [-0.4, -0.2) is 23.5 Å². The molecule has 80 valence electrons. The summed E-state index contributed by atoms with van der Waals surface area (Å²) in [6.07, 6.45) is 1.28. The van der Waals surface area contributed by atoms with E-state index in [0.717, 1.165) is 6.54 Å². The monoisotopic (exact) mass is 185 g/mol. The molecule has 0 aromatic rings. The first-order valence-corrected chi connectivity index (χ1v) is 5.42. The average molecular weight is 185 g/mol. The SMILES string of the molecule is CCN(CCC(C)(C)C)C(C)(C)C. The van der Waals surface area contributed by atoms with E-state index in [4.69, 9.17) is 0 Å². The van der Waals surface area contributed by atoms with E-state index in [9.17, 15) is 0 Å². The second-order valence-electron chi connectivity index (χ2n) is 6.06. The van der Waals surface area contributed by atoms with Gasteiger partial charge in [-0.25, -0.2) is 0 Å². The van der Waals surface area contributed by atoms with Crippen molar-refractivity contribution in [3.05, 3.63) is 0 Å². The fourth-order valence-corrected chi connectivity index (χ4v) is 1.44. The zero-order valence-electron chi connectivity index (χ0n) is 10.6. The van der Waals surface area contributed by atoms with Gasteiger partial charge in [-0.1, -0.05) is 27.7 Å². The Labute approximate surface area is 84.5 Å². The predicted octanol–water partition coefficient (Wildman–Crippen LogP) is 3.54. The average Bonchev–Trinajstić information content (AvgIpc) is 1.82. The van der Waals surface area contributed by atoms with Crippen molar-refractivity contribution in [3.63, 3.8) is 0 Å². The van der Waals surface area contributed by atoms with Crippen LogP contribution in [0, 0.1) is 5.41 Å². The molecule has 0 aliphatic carbocycles. The van der Waals surface area contributed by atoms with Crippen LogP contribution in [0.4, 0.5) is 0 Å². The molecule has 0 rings (SSSR count). The van der Waals surface area contributed by atoms with Gasteiger partial charge < -0.3 is 0 Å². The van der Waals surface area contributed by atoms with Crippen molar-refractivity contribution in [2.75, 3.05) is 13.1 Å². The smallest absolute Gasteiger partial charge is 0.0124 e. The molecule has 0 saturated carbocycles. The van der Waals surface area contributed by atoms with Crippen LogP contribution in [0.2, 0.25) is 0 Å². The van der Waals surface area contributed by atoms with Gasteiger partial charge in [-0.2, -0.15) is 0 Å². The van der Waals surface area contributed by atoms with Crippen molar-refractivity contribution in [2.24, 2.45) is 5.41 Å². The van der Waals surface area contributed by atoms with E-state index in [1.54, 1.807) is 0 Å². The Morgan fingerprint density at radius 2 is 1.38 bits per heavy atom.